The first-order valence-electron chi connectivity index (χ1n) is 5.54. The Hall–Kier alpha value is -1.59. The molecular weight excluding hydrogens is 270 g/mol. The van der Waals surface area contributed by atoms with Crippen LogP contribution < -0.4 is 4.74 Å². The van der Waals surface area contributed by atoms with Crippen molar-refractivity contribution in [2.45, 2.75) is 16.4 Å². The number of hydrogen-bond acceptors (Lipinski definition) is 3. The zero-order valence-corrected chi connectivity index (χ0v) is 11.0. The molecule has 19 heavy (non-hydrogen) atoms. The zero-order valence-electron chi connectivity index (χ0n) is 10.2. The SMILES string of the molecule is COc1ccc(Sc2c(F)cc(CO)cc2F)cc1. The van der Waals surface area contributed by atoms with Gasteiger partial charge < -0.3 is 9.84 Å². The molecule has 0 aliphatic heterocycles. The Balaban J connectivity index is 2.27. The maximum absolute atomic E-state index is 13.7. The highest BCUT2D eigenvalue weighted by molar-refractivity contribution is 7.99. The van der Waals surface area contributed by atoms with Crippen molar-refractivity contribution in [3.05, 3.63) is 53.6 Å². The highest BCUT2D eigenvalue weighted by Crippen LogP contribution is 2.33. The molecule has 0 heterocycles. The van der Waals surface area contributed by atoms with Gasteiger partial charge >= 0.3 is 0 Å². The molecule has 0 radical (unpaired) electrons. The fourth-order valence-electron chi connectivity index (χ4n) is 1.56. The average Bonchev–Trinajstić information content (AvgIpc) is 2.43. The first-order valence-corrected chi connectivity index (χ1v) is 6.36. The minimum absolute atomic E-state index is 0.0811. The van der Waals surface area contributed by atoms with E-state index in [1.54, 1.807) is 31.4 Å². The lowest BCUT2D eigenvalue weighted by molar-refractivity contribution is 0.280. The molecule has 0 spiro atoms. The van der Waals surface area contributed by atoms with Crippen LogP contribution in [0, 0.1) is 11.6 Å². The molecule has 2 nitrogen and oxygen atoms in total. The summed E-state index contributed by atoms with van der Waals surface area (Å²) in [6.07, 6.45) is 0. The third-order valence-corrected chi connectivity index (χ3v) is 3.62. The van der Waals surface area contributed by atoms with Crippen LogP contribution in [0.5, 0.6) is 5.75 Å². The Morgan fingerprint density at radius 3 is 2.16 bits per heavy atom. The van der Waals surface area contributed by atoms with Gasteiger partial charge in [0, 0.05) is 4.90 Å². The molecule has 2 rings (SSSR count). The van der Waals surface area contributed by atoms with E-state index in [0.717, 1.165) is 23.9 Å². The van der Waals surface area contributed by atoms with Gasteiger partial charge in [-0.1, -0.05) is 11.8 Å². The second kappa shape index (κ2) is 6.04. The molecule has 100 valence electrons. The van der Waals surface area contributed by atoms with Crippen molar-refractivity contribution in [3.8, 4) is 5.75 Å². The van der Waals surface area contributed by atoms with Crippen LogP contribution in [0.1, 0.15) is 5.56 Å². The fraction of sp³-hybridized carbons (Fsp3) is 0.143. The number of methoxy groups -OCH3 is 1. The maximum atomic E-state index is 13.7. The number of benzene rings is 2. The van der Waals surface area contributed by atoms with Gasteiger partial charge in [-0.15, -0.1) is 0 Å². The van der Waals surface area contributed by atoms with E-state index < -0.39 is 11.6 Å². The van der Waals surface area contributed by atoms with Gasteiger partial charge in [-0.3, -0.25) is 0 Å². The van der Waals surface area contributed by atoms with Crippen LogP contribution in [0.25, 0.3) is 0 Å². The standard InChI is InChI=1S/C14H12F2O2S/c1-18-10-2-4-11(5-3-10)19-14-12(15)6-9(8-17)7-13(14)16/h2-7,17H,8H2,1H3. The summed E-state index contributed by atoms with van der Waals surface area (Å²) in [6.45, 7) is -0.388. The minimum Gasteiger partial charge on any atom is -0.497 e. The van der Waals surface area contributed by atoms with Gasteiger partial charge in [-0.05, 0) is 42.0 Å². The van der Waals surface area contributed by atoms with Gasteiger partial charge in [-0.25, -0.2) is 8.78 Å². The van der Waals surface area contributed by atoms with Crippen LogP contribution in [-0.4, -0.2) is 12.2 Å². The summed E-state index contributed by atoms with van der Waals surface area (Å²) in [6, 6.07) is 9.16. The van der Waals surface area contributed by atoms with Crippen LogP contribution >= 0.6 is 11.8 Å². The molecule has 0 unspecified atom stereocenters. The smallest absolute Gasteiger partial charge is 0.140 e. The van der Waals surface area contributed by atoms with Gasteiger partial charge in [0.05, 0.1) is 18.6 Å². The number of aliphatic hydroxyl groups excluding tert-OH is 1. The summed E-state index contributed by atoms with van der Waals surface area (Å²) in [5.41, 5.74) is 0.217. The number of aliphatic hydroxyl groups is 1. The van der Waals surface area contributed by atoms with Gasteiger partial charge in [0.15, 0.2) is 0 Å². The summed E-state index contributed by atoms with van der Waals surface area (Å²) >= 11 is 0.992. The second-order valence-electron chi connectivity index (χ2n) is 3.82. The molecule has 2 aromatic carbocycles. The van der Waals surface area contributed by atoms with E-state index in [1.165, 1.54) is 0 Å². The topological polar surface area (TPSA) is 29.5 Å². The fourth-order valence-corrected chi connectivity index (χ4v) is 2.38. The van der Waals surface area contributed by atoms with Gasteiger partial charge in [0.25, 0.3) is 0 Å². The van der Waals surface area contributed by atoms with Crippen molar-refractivity contribution in [3.63, 3.8) is 0 Å². The normalized spacial score (nSPS) is 10.5. The van der Waals surface area contributed by atoms with Crippen LogP contribution in [-0.2, 0) is 6.61 Å². The van der Waals surface area contributed by atoms with Crippen molar-refractivity contribution in [1.29, 1.82) is 0 Å². The first kappa shape index (κ1) is 13.8. The number of hydrogen-bond donors (Lipinski definition) is 1. The molecule has 5 heteroatoms. The summed E-state index contributed by atoms with van der Waals surface area (Å²) < 4.78 is 32.5. The molecule has 0 aliphatic carbocycles. The zero-order chi connectivity index (χ0) is 13.8. The lowest BCUT2D eigenvalue weighted by Gasteiger charge is -2.07. The van der Waals surface area contributed by atoms with Crippen LogP contribution in [0.15, 0.2) is 46.2 Å². The molecule has 0 aromatic heterocycles. The Labute approximate surface area is 114 Å². The summed E-state index contributed by atoms with van der Waals surface area (Å²) in [5.74, 6) is -0.671. The van der Waals surface area contributed by atoms with Crippen molar-refractivity contribution >= 4 is 11.8 Å². The molecule has 0 fully saturated rings. The third kappa shape index (κ3) is 3.24. The highest BCUT2D eigenvalue weighted by atomic mass is 32.2. The predicted molar refractivity (Wildman–Crippen MR) is 69.4 cm³/mol. The predicted octanol–water partition coefficient (Wildman–Crippen LogP) is 3.62. The summed E-state index contributed by atoms with van der Waals surface area (Å²) in [5, 5.41) is 8.87. The van der Waals surface area contributed by atoms with Gasteiger partial charge in [0.1, 0.15) is 17.4 Å². The van der Waals surface area contributed by atoms with Crippen molar-refractivity contribution < 1.29 is 18.6 Å². The van der Waals surface area contributed by atoms with Crippen LogP contribution in [0.2, 0.25) is 0 Å². The van der Waals surface area contributed by atoms with E-state index >= 15 is 0 Å². The Morgan fingerprint density at radius 1 is 1.11 bits per heavy atom. The first-order chi connectivity index (χ1) is 9.13. The number of rotatable bonds is 4. The quantitative estimate of drug-likeness (QED) is 0.928. The lowest BCUT2D eigenvalue weighted by atomic mass is 10.2. The van der Waals surface area contributed by atoms with Gasteiger partial charge in [-0.2, -0.15) is 0 Å². The van der Waals surface area contributed by atoms with Crippen molar-refractivity contribution in [2.75, 3.05) is 7.11 Å². The summed E-state index contributed by atoms with van der Waals surface area (Å²) in [4.78, 5) is 0.623. The van der Waals surface area contributed by atoms with Crippen molar-refractivity contribution in [1.82, 2.24) is 0 Å². The monoisotopic (exact) mass is 282 g/mol. The Bertz CT molecular complexity index is 547. The molecular formula is C14H12F2O2S. The Kier molecular flexibility index (Phi) is 4.39. The third-order valence-electron chi connectivity index (χ3n) is 2.52. The molecule has 0 bridgehead atoms. The Morgan fingerprint density at radius 2 is 1.68 bits per heavy atom. The van der Waals surface area contributed by atoms with E-state index in [2.05, 4.69) is 0 Å². The largest absolute Gasteiger partial charge is 0.497 e. The lowest BCUT2D eigenvalue weighted by Crippen LogP contribution is -1.93. The van der Waals surface area contributed by atoms with E-state index in [1.807, 2.05) is 0 Å². The van der Waals surface area contributed by atoms with Crippen LogP contribution in [0.4, 0.5) is 8.78 Å². The van der Waals surface area contributed by atoms with Gasteiger partial charge in [0.2, 0.25) is 0 Å². The molecule has 2 aromatic rings. The summed E-state index contributed by atoms with van der Waals surface area (Å²) in [7, 11) is 1.55. The second-order valence-corrected chi connectivity index (χ2v) is 4.91. The number of halogens is 2. The van der Waals surface area contributed by atoms with Crippen LogP contribution in [0.3, 0.4) is 0 Å². The van der Waals surface area contributed by atoms with E-state index in [0.29, 0.717) is 10.6 Å². The highest BCUT2D eigenvalue weighted by Gasteiger charge is 2.12. The molecule has 0 aliphatic rings. The van der Waals surface area contributed by atoms with E-state index in [4.69, 9.17) is 9.84 Å². The number of ether oxygens (including phenoxy) is 1. The maximum Gasteiger partial charge on any atom is 0.140 e. The van der Waals surface area contributed by atoms with E-state index in [-0.39, 0.29) is 17.1 Å². The molecule has 0 amide bonds. The van der Waals surface area contributed by atoms with E-state index in [9.17, 15) is 8.78 Å². The average molecular weight is 282 g/mol. The molecule has 0 saturated carbocycles. The molecule has 0 saturated heterocycles. The molecule has 1 N–H and O–H groups in total. The van der Waals surface area contributed by atoms with Crippen molar-refractivity contribution in [2.24, 2.45) is 0 Å². The minimum atomic E-state index is -0.676. The molecule has 0 atom stereocenters.